The highest BCUT2D eigenvalue weighted by Gasteiger charge is 2.22. The highest BCUT2D eigenvalue weighted by molar-refractivity contribution is 7.45. The second-order valence-corrected chi connectivity index (χ2v) is 26.6. The smallest absolute Gasteiger partial charge is 0.306 e. The van der Waals surface area contributed by atoms with Gasteiger partial charge in [-0.1, -0.05) is 307 Å². The number of ether oxygens (including phenoxy) is 2. The number of rotatable bonds is 66. The first-order valence-corrected chi connectivity index (χ1v) is 38.0. The predicted molar refractivity (Wildman–Crippen MR) is 387 cm³/mol. The van der Waals surface area contributed by atoms with Crippen LogP contribution >= 0.6 is 7.82 Å². The van der Waals surface area contributed by atoms with Crippen LogP contribution in [-0.4, -0.2) is 70.0 Å². The lowest BCUT2D eigenvalue weighted by Crippen LogP contribution is -2.37. The molecule has 0 saturated heterocycles. The number of quaternary nitrogens is 1. The van der Waals surface area contributed by atoms with Crippen LogP contribution < -0.4 is 4.89 Å². The second kappa shape index (κ2) is 69.2. The van der Waals surface area contributed by atoms with E-state index >= 15 is 0 Å². The van der Waals surface area contributed by atoms with Crippen LogP contribution in [0.3, 0.4) is 0 Å². The Morgan fingerprint density at radius 3 is 0.944 bits per heavy atom. The van der Waals surface area contributed by atoms with Crippen LogP contribution in [-0.2, 0) is 32.7 Å². The summed E-state index contributed by atoms with van der Waals surface area (Å²) in [5, 5.41) is 0. The normalized spacial score (nSPS) is 14.0. The van der Waals surface area contributed by atoms with Gasteiger partial charge in [0.15, 0.2) is 6.10 Å². The fourth-order valence-corrected chi connectivity index (χ4v) is 10.5. The van der Waals surface area contributed by atoms with Gasteiger partial charge in [-0.15, -0.1) is 0 Å². The Kier molecular flexibility index (Phi) is 66.1. The van der Waals surface area contributed by atoms with Crippen molar-refractivity contribution in [3.63, 3.8) is 0 Å². The Balaban J connectivity index is 4.11. The third-order valence-electron chi connectivity index (χ3n) is 15.3. The molecule has 0 aromatic carbocycles. The molecule has 0 aromatic rings. The fourth-order valence-electron chi connectivity index (χ4n) is 9.78. The lowest BCUT2D eigenvalue weighted by atomic mass is 10.0. The molecule has 0 aliphatic carbocycles. The molecule has 0 N–H and O–H groups in total. The van der Waals surface area contributed by atoms with Crippen LogP contribution in [0.15, 0.2) is 146 Å². The first kappa shape index (κ1) is 85.9. The largest absolute Gasteiger partial charge is 0.756 e. The summed E-state index contributed by atoms with van der Waals surface area (Å²) < 4.78 is 34.3. The molecule has 9 nitrogen and oxygen atoms in total. The SMILES string of the molecule is CC/C=C\C/C=C\C/C=C\C/C=C\C/C=C\C/C=C\C/C=C\C/C=C\C/C=C\CCCCCCCC(=O)OC(COC(=O)CCCCCCCCCCCCCCCCCCCC/C=C\C/C=C\C/C=C\CCCCCCC)COP(=O)([O-])OCC[N+](C)(C)C. The van der Waals surface area contributed by atoms with E-state index in [4.69, 9.17) is 18.5 Å². The van der Waals surface area contributed by atoms with Crippen LogP contribution in [0.25, 0.3) is 0 Å². The molecule has 10 heteroatoms. The monoisotopic (exact) mass is 1270 g/mol. The van der Waals surface area contributed by atoms with Gasteiger partial charge in [0.25, 0.3) is 7.82 Å². The molecule has 2 unspecified atom stereocenters. The Labute approximate surface area is 554 Å². The Hall–Kier alpha value is -4.11. The van der Waals surface area contributed by atoms with Gasteiger partial charge in [0.2, 0.25) is 0 Å². The van der Waals surface area contributed by atoms with E-state index < -0.39 is 26.5 Å². The molecule has 2 atom stereocenters. The number of esters is 2. The van der Waals surface area contributed by atoms with Crippen molar-refractivity contribution in [1.29, 1.82) is 0 Å². The summed E-state index contributed by atoms with van der Waals surface area (Å²) in [5.41, 5.74) is 0. The van der Waals surface area contributed by atoms with Crippen LogP contribution in [0.4, 0.5) is 0 Å². The Morgan fingerprint density at radius 2 is 0.633 bits per heavy atom. The number of phosphoric ester groups is 1. The van der Waals surface area contributed by atoms with Crippen molar-refractivity contribution in [1.82, 2.24) is 0 Å². The molecule has 0 bridgehead atoms. The van der Waals surface area contributed by atoms with E-state index in [1.54, 1.807) is 0 Å². The summed E-state index contributed by atoms with van der Waals surface area (Å²) in [7, 11) is 1.14. The highest BCUT2D eigenvalue weighted by atomic mass is 31.2. The van der Waals surface area contributed by atoms with Crippen LogP contribution in [0.5, 0.6) is 0 Å². The zero-order chi connectivity index (χ0) is 65.5. The zero-order valence-electron chi connectivity index (χ0n) is 58.5. The van der Waals surface area contributed by atoms with Crippen molar-refractivity contribution in [2.75, 3.05) is 47.5 Å². The summed E-state index contributed by atoms with van der Waals surface area (Å²) in [6.45, 7) is 4.10. The minimum Gasteiger partial charge on any atom is -0.756 e. The lowest BCUT2D eigenvalue weighted by molar-refractivity contribution is -0.870. The standard InChI is InChI=1S/C80H136NO8P/c1-6-8-10-12-14-16-18-20-22-24-26-28-30-32-34-36-38-40-42-44-46-48-50-52-54-56-58-60-62-64-66-68-70-72-79(82)86-76-78(77-88-90(84,85)87-75-74-81(3,4)5)89-80(83)73-71-69-67-65-63-61-59-57-55-53-51-49-47-45-43-41-39-37-35-33-31-29-27-25-23-21-19-17-15-13-11-9-7-2/h9,11,15,17-18,20-21,23-24,26-27,29-30,32-33,35,39,41,45,47,51,53,57,59,78H,6-8,10,12-14,16,19,22,25,28,31,34,36-38,40,42-44,46,48-50,52,54-56,58,60-77H2,1-5H3/b11-9-,17-15-,20-18-,23-21-,26-24-,29-27-,32-30-,35-33-,41-39-,47-45-,53-51-,59-57-. The van der Waals surface area contributed by atoms with Gasteiger partial charge in [0.05, 0.1) is 27.7 Å². The van der Waals surface area contributed by atoms with Crippen molar-refractivity contribution < 1.29 is 42.1 Å². The number of hydrogen-bond donors (Lipinski definition) is 0. The topological polar surface area (TPSA) is 111 Å². The number of carbonyl (C=O) groups excluding carboxylic acids is 2. The second-order valence-electron chi connectivity index (χ2n) is 25.2. The third kappa shape index (κ3) is 72.9. The molecule has 0 spiro atoms. The van der Waals surface area contributed by atoms with Gasteiger partial charge in [0.1, 0.15) is 19.8 Å². The Bertz CT molecular complexity index is 2030. The molecule has 0 aromatic heterocycles. The molecule has 0 rings (SSSR count). The molecular formula is C80H136NO8P. The minimum absolute atomic E-state index is 0.0416. The maximum Gasteiger partial charge on any atom is 0.306 e. The van der Waals surface area contributed by atoms with Gasteiger partial charge >= 0.3 is 11.9 Å². The lowest BCUT2D eigenvalue weighted by Gasteiger charge is -2.28. The third-order valence-corrected chi connectivity index (χ3v) is 16.3. The van der Waals surface area contributed by atoms with Crippen molar-refractivity contribution in [2.24, 2.45) is 0 Å². The molecule has 0 heterocycles. The average Bonchev–Trinajstić information content (AvgIpc) is 3.58. The number of nitrogens with zero attached hydrogens (tertiary/aromatic N) is 1. The van der Waals surface area contributed by atoms with Gasteiger partial charge in [-0.25, -0.2) is 0 Å². The summed E-state index contributed by atoms with van der Waals surface area (Å²) >= 11 is 0. The molecule has 90 heavy (non-hydrogen) atoms. The van der Waals surface area contributed by atoms with E-state index in [2.05, 4.69) is 160 Å². The summed E-state index contributed by atoms with van der Waals surface area (Å²) in [4.78, 5) is 38.1. The number of phosphoric acid groups is 1. The van der Waals surface area contributed by atoms with Crippen molar-refractivity contribution >= 4 is 19.8 Å². The maximum atomic E-state index is 12.9. The van der Waals surface area contributed by atoms with Crippen LogP contribution in [0.1, 0.15) is 296 Å². The van der Waals surface area contributed by atoms with E-state index in [-0.39, 0.29) is 32.0 Å². The van der Waals surface area contributed by atoms with Gasteiger partial charge in [-0.2, -0.15) is 0 Å². The molecule has 0 aliphatic rings. The summed E-state index contributed by atoms with van der Waals surface area (Å²) in [6, 6.07) is 0. The molecule has 514 valence electrons. The maximum absolute atomic E-state index is 12.9. The minimum atomic E-state index is -4.66. The van der Waals surface area contributed by atoms with E-state index in [0.717, 1.165) is 122 Å². The molecule has 0 radical (unpaired) electrons. The first-order valence-electron chi connectivity index (χ1n) is 36.5. The van der Waals surface area contributed by atoms with E-state index in [9.17, 15) is 19.0 Å². The number of likely N-dealkylation sites (N-methyl/N-ethyl adjacent to an activating group) is 1. The van der Waals surface area contributed by atoms with Gasteiger partial charge in [-0.3, -0.25) is 14.2 Å². The fraction of sp³-hybridized carbons (Fsp3) is 0.675. The summed E-state index contributed by atoms with van der Waals surface area (Å²) in [6.07, 6.45) is 102. The average molecular weight is 1270 g/mol. The molecule has 0 aliphatic heterocycles. The number of carbonyl (C=O) groups is 2. The first-order chi connectivity index (χ1) is 44.0. The molecule has 0 saturated carbocycles. The number of hydrogen-bond acceptors (Lipinski definition) is 8. The zero-order valence-corrected chi connectivity index (χ0v) is 59.4. The van der Waals surface area contributed by atoms with Gasteiger partial charge in [0, 0.05) is 12.8 Å². The quantitative estimate of drug-likeness (QED) is 0.0195. The van der Waals surface area contributed by atoms with Crippen LogP contribution in [0.2, 0.25) is 0 Å². The van der Waals surface area contributed by atoms with Gasteiger partial charge < -0.3 is 27.9 Å². The van der Waals surface area contributed by atoms with E-state index in [0.29, 0.717) is 17.4 Å². The summed E-state index contributed by atoms with van der Waals surface area (Å²) in [5.74, 6) is -0.857. The highest BCUT2D eigenvalue weighted by Crippen LogP contribution is 2.38. The van der Waals surface area contributed by atoms with Crippen molar-refractivity contribution in [2.45, 2.75) is 302 Å². The van der Waals surface area contributed by atoms with Crippen molar-refractivity contribution in [3.05, 3.63) is 146 Å². The predicted octanol–water partition coefficient (Wildman–Crippen LogP) is 23.5. The number of allylic oxidation sites excluding steroid dienone is 24. The van der Waals surface area contributed by atoms with Crippen LogP contribution in [0, 0.1) is 0 Å². The van der Waals surface area contributed by atoms with Crippen molar-refractivity contribution in [3.8, 4) is 0 Å². The number of unbranched alkanes of at least 4 members (excludes halogenated alkanes) is 28. The van der Waals surface area contributed by atoms with Gasteiger partial charge in [-0.05, 0) is 122 Å². The van der Waals surface area contributed by atoms with E-state index in [1.165, 1.54) is 141 Å². The molecular weight excluding hydrogens is 1130 g/mol. The van der Waals surface area contributed by atoms with E-state index in [1.807, 2.05) is 21.1 Å². The Morgan fingerprint density at radius 1 is 0.356 bits per heavy atom. The molecule has 0 amide bonds. The molecule has 0 fully saturated rings.